The standard InChI is InChI=1S/C48H90NO8P/c1-6-8-10-12-14-16-18-20-22-23-24-25-27-29-31-33-35-37-39-41-48(51)57-46(45-56-58(52,53)55-43-42-49(3,4)5)44-54-47(50)40-38-36-34-32-30-28-26-21-19-17-15-13-11-9-7-2/h13-16,20,22,46H,6-12,17-19,21,23-45H2,1-5H3/p+1/b15-13+,16-14+,22-20+/t46-/m1/s1. The zero-order valence-electron chi connectivity index (χ0n) is 38.3. The number of phosphoric acid groups is 1. The zero-order valence-corrected chi connectivity index (χ0v) is 39.2. The third kappa shape index (κ3) is 43.8. The van der Waals surface area contributed by atoms with Crippen LogP contribution in [0.5, 0.6) is 0 Å². The number of phosphoric ester groups is 1. The molecule has 0 aliphatic heterocycles. The van der Waals surface area contributed by atoms with Crippen LogP contribution in [0.4, 0.5) is 0 Å². The number of carbonyl (C=O) groups is 2. The van der Waals surface area contributed by atoms with Gasteiger partial charge in [0.15, 0.2) is 6.10 Å². The summed E-state index contributed by atoms with van der Waals surface area (Å²) >= 11 is 0. The molecule has 0 fully saturated rings. The number of hydrogen-bond acceptors (Lipinski definition) is 7. The van der Waals surface area contributed by atoms with Gasteiger partial charge in [-0.2, -0.15) is 0 Å². The van der Waals surface area contributed by atoms with E-state index in [1.807, 2.05) is 21.1 Å². The van der Waals surface area contributed by atoms with Gasteiger partial charge in [0.2, 0.25) is 0 Å². The summed E-state index contributed by atoms with van der Waals surface area (Å²) in [6.07, 6.45) is 46.1. The molecule has 1 N–H and O–H groups in total. The Kier molecular flexibility index (Phi) is 39.4. The number of rotatable bonds is 43. The smallest absolute Gasteiger partial charge is 0.462 e. The first-order valence-electron chi connectivity index (χ1n) is 23.7. The molecular formula is C48H91NO8P+. The number of quaternary nitrogens is 1. The van der Waals surface area contributed by atoms with E-state index in [9.17, 15) is 19.0 Å². The van der Waals surface area contributed by atoms with Gasteiger partial charge in [0.1, 0.15) is 19.8 Å². The summed E-state index contributed by atoms with van der Waals surface area (Å²) in [6.45, 7) is 4.38. The fraction of sp³-hybridized carbons (Fsp3) is 0.833. The van der Waals surface area contributed by atoms with Crippen molar-refractivity contribution in [3.05, 3.63) is 36.5 Å². The first kappa shape index (κ1) is 56.2. The fourth-order valence-electron chi connectivity index (χ4n) is 6.38. The number of nitrogens with zero attached hydrogens (tertiary/aromatic N) is 1. The van der Waals surface area contributed by atoms with Gasteiger partial charge in [-0.25, -0.2) is 4.57 Å². The van der Waals surface area contributed by atoms with Gasteiger partial charge in [-0.05, 0) is 64.2 Å². The lowest BCUT2D eigenvalue weighted by molar-refractivity contribution is -0.870. The monoisotopic (exact) mass is 841 g/mol. The minimum atomic E-state index is -4.38. The van der Waals surface area contributed by atoms with Gasteiger partial charge in [-0.3, -0.25) is 18.6 Å². The van der Waals surface area contributed by atoms with Gasteiger partial charge in [0.05, 0.1) is 27.7 Å². The number of allylic oxidation sites excluding steroid dienone is 6. The van der Waals surface area contributed by atoms with Crippen molar-refractivity contribution in [2.24, 2.45) is 0 Å². The van der Waals surface area contributed by atoms with E-state index in [1.54, 1.807) is 0 Å². The second-order valence-corrected chi connectivity index (χ2v) is 18.6. The van der Waals surface area contributed by atoms with Crippen molar-refractivity contribution < 1.29 is 42.1 Å². The number of ether oxygens (including phenoxy) is 2. The highest BCUT2D eigenvalue weighted by Crippen LogP contribution is 2.43. The molecule has 0 spiro atoms. The molecule has 9 nitrogen and oxygen atoms in total. The molecule has 0 heterocycles. The Labute approximate surface area is 357 Å². The Morgan fingerprint density at radius 1 is 0.534 bits per heavy atom. The van der Waals surface area contributed by atoms with Gasteiger partial charge in [-0.1, -0.05) is 166 Å². The maximum atomic E-state index is 12.7. The molecule has 1 unspecified atom stereocenters. The molecule has 0 amide bonds. The minimum absolute atomic E-state index is 0.0307. The lowest BCUT2D eigenvalue weighted by Gasteiger charge is -2.24. The molecule has 58 heavy (non-hydrogen) atoms. The molecule has 0 saturated carbocycles. The van der Waals surface area contributed by atoms with E-state index in [0.29, 0.717) is 17.4 Å². The van der Waals surface area contributed by atoms with Crippen LogP contribution in [-0.2, 0) is 32.7 Å². The summed E-state index contributed by atoms with van der Waals surface area (Å²) in [4.78, 5) is 35.4. The average Bonchev–Trinajstić information content (AvgIpc) is 3.17. The molecule has 2 atom stereocenters. The predicted molar refractivity (Wildman–Crippen MR) is 243 cm³/mol. The number of hydrogen-bond donors (Lipinski definition) is 1. The maximum absolute atomic E-state index is 12.7. The number of carbonyl (C=O) groups excluding carboxylic acids is 2. The molecule has 0 aliphatic carbocycles. The van der Waals surface area contributed by atoms with E-state index in [4.69, 9.17) is 18.5 Å². The molecule has 10 heteroatoms. The largest absolute Gasteiger partial charge is 0.472 e. The van der Waals surface area contributed by atoms with Crippen molar-refractivity contribution in [1.82, 2.24) is 0 Å². The van der Waals surface area contributed by atoms with Gasteiger partial charge in [0, 0.05) is 12.8 Å². The fourth-order valence-corrected chi connectivity index (χ4v) is 7.12. The van der Waals surface area contributed by atoms with Crippen LogP contribution >= 0.6 is 7.82 Å². The van der Waals surface area contributed by atoms with Crippen molar-refractivity contribution in [2.45, 2.75) is 213 Å². The van der Waals surface area contributed by atoms with Crippen LogP contribution in [0.3, 0.4) is 0 Å². The second-order valence-electron chi connectivity index (χ2n) is 17.1. The van der Waals surface area contributed by atoms with Gasteiger partial charge in [0.25, 0.3) is 0 Å². The van der Waals surface area contributed by atoms with Crippen molar-refractivity contribution in [1.29, 1.82) is 0 Å². The number of likely N-dealkylation sites (N-methyl/N-ethyl adjacent to an activating group) is 1. The van der Waals surface area contributed by atoms with Crippen LogP contribution in [-0.4, -0.2) is 74.9 Å². The Morgan fingerprint density at radius 2 is 0.948 bits per heavy atom. The van der Waals surface area contributed by atoms with Crippen molar-refractivity contribution in [2.75, 3.05) is 47.5 Å². The molecule has 0 aromatic rings. The molecule has 0 aromatic heterocycles. The highest BCUT2D eigenvalue weighted by Gasteiger charge is 2.27. The van der Waals surface area contributed by atoms with Gasteiger partial charge in [-0.15, -0.1) is 0 Å². The Balaban J connectivity index is 4.30. The number of unbranched alkanes of at least 4 members (excludes halogenated alkanes) is 23. The summed E-state index contributed by atoms with van der Waals surface area (Å²) in [5.74, 6) is -0.802. The quantitative estimate of drug-likeness (QED) is 0.0213. The first-order chi connectivity index (χ1) is 28.0. The zero-order chi connectivity index (χ0) is 42.8. The molecule has 0 aromatic carbocycles. The molecular weight excluding hydrogens is 750 g/mol. The summed E-state index contributed by atoms with van der Waals surface area (Å²) in [5, 5.41) is 0. The van der Waals surface area contributed by atoms with E-state index >= 15 is 0 Å². The normalized spacial score (nSPS) is 13.8. The minimum Gasteiger partial charge on any atom is -0.462 e. The Hall–Kier alpha value is -1.77. The molecule has 0 aliphatic rings. The average molecular weight is 841 g/mol. The molecule has 0 radical (unpaired) electrons. The molecule has 340 valence electrons. The van der Waals surface area contributed by atoms with E-state index in [0.717, 1.165) is 51.4 Å². The van der Waals surface area contributed by atoms with Crippen LogP contribution in [0.1, 0.15) is 206 Å². The number of esters is 2. The van der Waals surface area contributed by atoms with E-state index in [2.05, 4.69) is 50.3 Å². The topological polar surface area (TPSA) is 108 Å². The van der Waals surface area contributed by atoms with Crippen molar-refractivity contribution in [3.8, 4) is 0 Å². The van der Waals surface area contributed by atoms with Crippen LogP contribution in [0, 0.1) is 0 Å². The molecule has 0 bridgehead atoms. The summed E-state index contributed by atoms with van der Waals surface area (Å²) < 4.78 is 34.4. The highest BCUT2D eigenvalue weighted by molar-refractivity contribution is 7.47. The maximum Gasteiger partial charge on any atom is 0.472 e. The van der Waals surface area contributed by atoms with E-state index < -0.39 is 26.5 Å². The van der Waals surface area contributed by atoms with E-state index in [-0.39, 0.29) is 32.0 Å². The second kappa shape index (κ2) is 40.6. The third-order valence-corrected chi connectivity index (χ3v) is 11.1. The Bertz CT molecular complexity index is 1090. The van der Waals surface area contributed by atoms with Gasteiger partial charge >= 0.3 is 19.8 Å². The van der Waals surface area contributed by atoms with E-state index in [1.165, 1.54) is 122 Å². The van der Waals surface area contributed by atoms with Gasteiger partial charge < -0.3 is 18.9 Å². The highest BCUT2D eigenvalue weighted by atomic mass is 31.2. The van der Waals surface area contributed by atoms with Crippen LogP contribution in [0.15, 0.2) is 36.5 Å². The van der Waals surface area contributed by atoms with Crippen molar-refractivity contribution in [3.63, 3.8) is 0 Å². The summed E-state index contributed by atoms with van der Waals surface area (Å²) in [5.41, 5.74) is 0. The first-order valence-corrected chi connectivity index (χ1v) is 25.2. The van der Waals surface area contributed by atoms with Crippen LogP contribution < -0.4 is 0 Å². The Morgan fingerprint density at radius 3 is 1.43 bits per heavy atom. The van der Waals surface area contributed by atoms with Crippen LogP contribution in [0.25, 0.3) is 0 Å². The molecule has 0 rings (SSSR count). The molecule has 0 saturated heterocycles. The lowest BCUT2D eigenvalue weighted by Crippen LogP contribution is -2.37. The summed E-state index contributed by atoms with van der Waals surface area (Å²) in [7, 11) is 1.47. The van der Waals surface area contributed by atoms with Crippen molar-refractivity contribution >= 4 is 19.8 Å². The third-order valence-electron chi connectivity index (χ3n) is 10.1. The summed E-state index contributed by atoms with van der Waals surface area (Å²) in [6, 6.07) is 0. The predicted octanol–water partition coefficient (Wildman–Crippen LogP) is 13.7. The lowest BCUT2D eigenvalue weighted by atomic mass is 10.1. The van der Waals surface area contributed by atoms with Crippen LogP contribution in [0.2, 0.25) is 0 Å². The SMILES string of the molecule is CCCC/C=C/CCCCCCCCCCCC(=O)OC[C@H](COP(=O)(O)OCC[N+](C)(C)C)OC(=O)CCCCCCCCCCC/C=C/C/C=C/CCCCC.